The Morgan fingerprint density at radius 1 is 1.14 bits per heavy atom. The van der Waals surface area contributed by atoms with Crippen molar-refractivity contribution < 1.29 is 14.3 Å². The number of hydrogen-bond donors (Lipinski definition) is 2. The molecule has 1 aromatic heterocycles. The molecule has 0 aliphatic heterocycles. The van der Waals surface area contributed by atoms with Gasteiger partial charge in [0.15, 0.2) is 0 Å². The predicted molar refractivity (Wildman–Crippen MR) is 110 cm³/mol. The van der Waals surface area contributed by atoms with Crippen LogP contribution in [0, 0.1) is 0 Å². The molecule has 2 aromatic carbocycles. The quantitative estimate of drug-likeness (QED) is 0.640. The van der Waals surface area contributed by atoms with Crippen LogP contribution in [0.1, 0.15) is 18.2 Å². The van der Waals surface area contributed by atoms with Crippen LogP contribution in [-0.4, -0.2) is 23.9 Å². The molecule has 0 aliphatic rings. The summed E-state index contributed by atoms with van der Waals surface area (Å²) in [5, 5.41) is 8.35. The van der Waals surface area contributed by atoms with Crippen molar-refractivity contribution in [1.82, 2.24) is 10.3 Å². The fraction of sp³-hybridized carbons (Fsp3) is 0.190. The molecule has 144 valence electrons. The van der Waals surface area contributed by atoms with Gasteiger partial charge in [-0.2, -0.15) is 0 Å². The van der Waals surface area contributed by atoms with Crippen LogP contribution < -0.4 is 15.4 Å². The Morgan fingerprint density at radius 3 is 2.64 bits per heavy atom. The molecule has 3 aromatic rings. The molecule has 0 saturated carbocycles. The van der Waals surface area contributed by atoms with Crippen molar-refractivity contribution in [2.24, 2.45) is 0 Å². The maximum Gasteiger partial charge on any atom is 0.226 e. The van der Waals surface area contributed by atoms with Gasteiger partial charge >= 0.3 is 0 Å². The summed E-state index contributed by atoms with van der Waals surface area (Å²) in [6.45, 7) is 1.93. The van der Waals surface area contributed by atoms with Gasteiger partial charge in [-0.05, 0) is 29.8 Å². The second-order valence-electron chi connectivity index (χ2n) is 6.21. The van der Waals surface area contributed by atoms with Gasteiger partial charge in [-0.1, -0.05) is 24.3 Å². The Kier molecular flexibility index (Phi) is 6.39. The van der Waals surface area contributed by atoms with E-state index in [0.29, 0.717) is 6.54 Å². The minimum absolute atomic E-state index is 0.0836. The molecule has 0 spiro atoms. The number of amides is 2. The van der Waals surface area contributed by atoms with Crippen LogP contribution in [0.2, 0.25) is 0 Å². The van der Waals surface area contributed by atoms with E-state index in [9.17, 15) is 9.59 Å². The van der Waals surface area contributed by atoms with E-state index in [1.165, 1.54) is 18.3 Å². The lowest BCUT2D eigenvalue weighted by Crippen LogP contribution is -2.24. The van der Waals surface area contributed by atoms with Gasteiger partial charge in [0.25, 0.3) is 0 Å². The van der Waals surface area contributed by atoms with Crippen molar-refractivity contribution in [3.8, 4) is 16.3 Å². The van der Waals surface area contributed by atoms with Gasteiger partial charge in [-0.3, -0.25) is 9.59 Å². The molecule has 2 N–H and O–H groups in total. The number of ether oxygens (including phenoxy) is 1. The second-order valence-corrected chi connectivity index (χ2v) is 7.07. The van der Waals surface area contributed by atoms with Gasteiger partial charge in [-0.25, -0.2) is 4.98 Å². The molecular weight excluding hydrogens is 374 g/mol. The van der Waals surface area contributed by atoms with Crippen molar-refractivity contribution in [2.75, 3.05) is 12.4 Å². The van der Waals surface area contributed by atoms with E-state index >= 15 is 0 Å². The van der Waals surface area contributed by atoms with Gasteiger partial charge in [0, 0.05) is 30.1 Å². The first-order chi connectivity index (χ1) is 13.5. The van der Waals surface area contributed by atoms with Crippen LogP contribution >= 0.6 is 11.3 Å². The Hall–Kier alpha value is -3.19. The highest BCUT2D eigenvalue weighted by Gasteiger charge is 2.10. The van der Waals surface area contributed by atoms with Gasteiger partial charge in [0.1, 0.15) is 10.8 Å². The van der Waals surface area contributed by atoms with E-state index in [2.05, 4.69) is 15.6 Å². The lowest BCUT2D eigenvalue weighted by Gasteiger charge is -2.05. The lowest BCUT2D eigenvalue weighted by molar-refractivity contribution is -0.120. The highest BCUT2D eigenvalue weighted by atomic mass is 32.1. The van der Waals surface area contributed by atoms with Crippen molar-refractivity contribution in [3.05, 3.63) is 65.2 Å². The third-order valence-corrected chi connectivity index (χ3v) is 4.91. The number of nitrogens with zero attached hydrogens (tertiary/aromatic N) is 1. The molecule has 0 saturated heterocycles. The van der Waals surface area contributed by atoms with Gasteiger partial charge < -0.3 is 15.4 Å². The summed E-state index contributed by atoms with van der Waals surface area (Å²) in [6, 6.07) is 15.1. The summed E-state index contributed by atoms with van der Waals surface area (Å²) in [4.78, 5) is 28.0. The zero-order chi connectivity index (χ0) is 19.9. The van der Waals surface area contributed by atoms with Gasteiger partial charge in [-0.15, -0.1) is 11.3 Å². The molecule has 0 fully saturated rings. The Balaban J connectivity index is 1.57. The zero-order valence-corrected chi connectivity index (χ0v) is 16.5. The van der Waals surface area contributed by atoms with Crippen LogP contribution in [0.25, 0.3) is 10.6 Å². The summed E-state index contributed by atoms with van der Waals surface area (Å²) < 4.78 is 5.12. The molecule has 2 amide bonds. The van der Waals surface area contributed by atoms with Crippen LogP contribution in [-0.2, 0) is 22.6 Å². The zero-order valence-electron chi connectivity index (χ0n) is 15.7. The number of anilines is 1. The molecule has 0 bridgehead atoms. The normalized spacial score (nSPS) is 10.4. The predicted octanol–water partition coefficient (Wildman–Crippen LogP) is 3.64. The molecular formula is C21H21N3O3S. The third-order valence-electron chi connectivity index (χ3n) is 3.97. The number of benzene rings is 2. The van der Waals surface area contributed by atoms with Gasteiger partial charge in [0.2, 0.25) is 11.8 Å². The molecule has 7 heteroatoms. The Morgan fingerprint density at radius 2 is 1.93 bits per heavy atom. The summed E-state index contributed by atoms with van der Waals surface area (Å²) in [6.07, 6.45) is 0.220. The molecule has 0 radical (unpaired) electrons. The van der Waals surface area contributed by atoms with Crippen molar-refractivity contribution in [1.29, 1.82) is 0 Å². The number of carbonyl (C=O) groups is 2. The first-order valence-corrected chi connectivity index (χ1v) is 9.63. The molecule has 0 unspecified atom stereocenters. The van der Waals surface area contributed by atoms with Crippen molar-refractivity contribution in [3.63, 3.8) is 0 Å². The average Bonchev–Trinajstić information content (AvgIpc) is 3.15. The maximum atomic E-state index is 12.2. The van der Waals surface area contributed by atoms with E-state index in [0.717, 1.165) is 33.3 Å². The highest BCUT2D eigenvalue weighted by molar-refractivity contribution is 7.13. The van der Waals surface area contributed by atoms with E-state index < -0.39 is 0 Å². The van der Waals surface area contributed by atoms with Crippen LogP contribution in [0.5, 0.6) is 5.75 Å². The summed E-state index contributed by atoms with van der Waals surface area (Å²) >= 11 is 1.47. The van der Waals surface area contributed by atoms with E-state index in [4.69, 9.17) is 4.74 Å². The average molecular weight is 395 g/mol. The van der Waals surface area contributed by atoms with E-state index in [1.54, 1.807) is 7.11 Å². The number of carbonyl (C=O) groups excluding carboxylic acids is 2. The SMILES string of the molecule is COc1ccc(CNC(=O)Cc2csc(-c3cccc(NC(C)=O)c3)n2)cc1. The van der Waals surface area contributed by atoms with E-state index in [1.807, 2.05) is 53.9 Å². The molecule has 3 rings (SSSR count). The van der Waals surface area contributed by atoms with Crippen molar-refractivity contribution in [2.45, 2.75) is 19.9 Å². The maximum absolute atomic E-state index is 12.2. The first kappa shape index (κ1) is 19.6. The van der Waals surface area contributed by atoms with E-state index in [-0.39, 0.29) is 18.2 Å². The first-order valence-electron chi connectivity index (χ1n) is 8.75. The van der Waals surface area contributed by atoms with Crippen LogP contribution in [0.3, 0.4) is 0 Å². The topological polar surface area (TPSA) is 80.3 Å². The highest BCUT2D eigenvalue weighted by Crippen LogP contribution is 2.26. The largest absolute Gasteiger partial charge is 0.497 e. The molecule has 28 heavy (non-hydrogen) atoms. The Bertz CT molecular complexity index is 967. The molecule has 6 nitrogen and oxygen atoms in total. The van der Waals surface area contributed by atoms with Crippen LogP contribution in [0.15, 0.2) is 53.9 Å². The molecule has 1 heterocycles. The fourth-order valence-electron chi connectivity index (χ4n) is 2.63. The number of nitrogens with one attached hydrogen (secondary N) is 2. The molecule has 0 aliphatic carbocycles. The number of methoxy groups -OCH3 is 1. The number of thiazole rings is 1. The number of aromatic nitrogens is 1. The third kappa shape index (κ3) is 5.40. The van der Waals surface area contributed by atoms with Crippen LogP contribution in [0.4, 0.5) is 5.69 Å². The minimum atomic E-state index is -0.120. The second kappa shape index (κ2) is 9.14. The van der Waals surface area contributed by atoms with Crippen molar-refractivity contribution >= 4 is 28.8 Å². The summed E-state index contributed by atoms with van der Waals surface area (Å²) in [5.74, 6) is 0.581. The monoisotopic (exact) mass is 395 g/mol. The standard InChI is InChI=1S/C21H21N3O3S/c1-14(25)23-17-5-3-4-16(10-17)21-24-18(13-28-21)11-20(26)22-12-15-6-8-19(27-2)9-7-15/h3-10,13H,11-12H2,1-2H3,(H,22,26)(H,23,25). The molecule has 0 atom stereocenters. The lowest BCUT2D eigenvalue weighted by atomic mass is 10.2. The summed E-state index contributed by atoms with van der Waals surface area (Å²) in [7, 11) is 1.62. The minimum Gasteiger partial charge on any atom is -0.497 e. The number of hydrogen-bond acceptors (Lipinski definition) is 5. The number of rotatable bonds is 7. The smallest absolute Gasteiger partial charge is 0.226 e. The van der Waals surface area contributed by atoms with Gasteiger partial charge in [0.05, 0.1) is 19.2 Å². The fourth-order valence-corrected chi connectivity index (χ4v) is 3.44. The summed E-state index contributed by atoms with van der Waals surface area (Å²) in [5.41, 5.74) is 3.35. The Labute approximate surface area is 167 Å².